The molecule has 3 nitrogen and oxygen atoms in total. The van der Waals surface area contributed by atoms with Gasteiger partial charge in [-0.25, -0.2) is 0 Å². The molecule has 1 fully saturated rings. The van der Waals surface area contributed by atoms with Crippen LogP contribution in [0.25, 0.3) is 0 Å². The number of fused-ring (bicyclic) bond motifs is 1. The summed E-state index contributed by atoms with van der Waals surface area (Å²) in [6.07, 6.45) is 7.16. The molecule has 108 valence electrons. The Hall–Kier alpha value is -1.35. The van der Waals surface area contributed by atoms with Crippen LogP contribution in [-0.4, -0.2) is 18.0 Å². The molecule has 2 aliphatic rings. The zero-order chi connectivity index (χ0) is 13.9. The molecule has 1 heterocycles. The molecule has 0 aromatic heterocycles. The largest absolute Gasteiger partial charge is 0.324 e. The number of rotatable bonds is 3. The topological polar surface area (TPSA) is 41.1 Å². The van der Waals surface area contributed by atoms with E-state index in [2.05, 4.69) is 23.6 Å². The van der Waals surface area contributed by atoms with E-state index in [0.29, 0.717) is 6.04 Å². The maximum absolute atomic E-state index is 12.4. The average Bonchev–Trinajstić information content (AvgIpc) is 2.93. The minimum Gasteiger partial charge on any atom is -0.324 e. The number of nitrogens with one attached hydrogen (secondary N) is 2. The molecule has 3 rings (SSSR count). The number of aryl methyl sites for hydroxylation is 1. The van der Waals surface area contributed by atoms with Gasteiger partial charge in [0.05, 0.1) is 6.04 Å². The van der Waals surface area contributed by atoms with Gasteiger partial charge < -0.3 is 10.6 Å². The lowest BCUT2D eigenvalue weighted by Gasteiger charge is -2.25. The third-order valence-electron chi connectivity index (χ3n) is 4.87. The lowest BCUT2D eigenvalue weighted by atomic mass is 9.97. The summed E-state index contributed by atoms with van der Waals surface area (Å²) in [7, 11) is 0. The quantitative estimate of drug-likeness (QED) is 0.887. The van der Waals surface area contributed by atoms with Crippen LogP contribution >= 0.6 is 0 Å². The van der Waals surface area contributed by atoms with E-state index in [1.54, 1.807) is 0 Å². The minimum atomic E-state index is -0.0574. The van der Waals surface area contributed by atoms with Crippen molar-refractivity contribution in [2.45, 2.75) is 57.5 Å². The van der Waals surface area contributed by atoms with Crippen LogP contribution in [0.5, 0.6) is 0 Å². The van der Waals surface area contributed by atoms with Gasteiger partial charge in [-0.1, -0.05) is 31.0 Å². The van der Waals surface area contributed by atoms with Crippen LogP contribution in [0.4, 0.5) is 5.69 Å². The van der Waals surface area contributed by atoms with Gasteiger partial charge in [0.15, 0.2) is 0 Å². The first-order valence-electron chi connectivity index (χ1n) is 7.89. The lowest BCUT2D eigenvalue weighted by molar-refractivity contribution is -0.118. The van der Waals surface area contributed by atoms with Crippen molar-refractivity contribution in [1.29, 1.82) is 0 Å². The molecule has 2 unspecified atom stereocenters. The van der Waals surface area contributed by atoms with Gasteiger partial charge in [-0.3, -0.25) is 4.79 Å². The molecule has 2 atom stereocenters. The summed E-state index contributed by atoms with van der Waals surface area (Å²) in [5.74, 6) is 0.869. The van der Waals surface area contributed by atoms with E-state index in [4.69, 9.17) is 0 Å². The summed E-state index contributed by atoms with van der Waals surface area (Å²) in [6.45, 7) is 2.24. The van der Waals surface area contributed by atoms with Crippen molar-refractivity contribution in [2.75, 3.05) is 5.32 Å². The Bertz CT molecular complexity index is 480. The zero-order valence-electron chi connectivity index (χ0n) is 12.2. The Morgan fingerprint density at radius 3 is 2.75 bits per heavy atom. The van der Waals surface area contributed by atoms with Gasteiger partial charge in [-0.15, -0.1) is 0 Å². The molecular weight excluding hydrogens is 248 g/mol. The van der Waals surface area contributed by atoms with E-state index in [-0.39, 0.29) is 11.9 Å². The van der Waals surface area contributed by atoms with Crippen LogP contribution in [0, 0.1) is 5.92 Å². The van der Waals surface area contributed by atoms with Crippen LogP contribution in [0.15, 0.2) is 24.3 Å². The van der Waals surface area contributed by atoms with Gasteiger partial charge in [0.1, 0.15) is 0 Å². The standard InChI is InChI=1S/C17H24N2O/c1-12(13-6-2-3-7-13)18-16-11-10-14-8-4-5-9-15(14)19-17(16)20/h4-5,8-9,12-13,16,18H,2-3,6-7,10-11H2,1H3,(H,19,20). The van der Waals surface area contributed by atoms with Crippen molar-refractivity contribution in [3.63, 3.8) is 0 Å². The number of amides is 1. The number of hydrogen-bond donors (Lipinski definition) is 2. The Morgan fingerprint density at radius 1 is 1.20 bits per heavy atom. The monoisotopic (exact) mass is 272 g/mol. The number of para-hydroxylation sites is 1. The SMILES string of the molecule is CC(NC1CCc2ccccc2NC1=O)C1CCCC1. The molecular formula is C17H24N2O. The number of carbonyl (C=O) groups excluding carboxylic acids is 1. The molecule has 2 N–H and O–H groups in total. The van der Waals surface area contributed by atoms with Crippen LogP contribution in [0.2, 0.25) is 0 Å². The fourth-order valence-electron chi connectivity index (χ4n) is 3.58. The molecule has 1 amide bonds. The van der Waals surface area contributed by atoms with Crippen molar-refractivity contribution in [2.24, 2.45) is 5.92 Å². The second-order valence-corrected chi connectivity index (χ2v) is 6.24. The highest BCUT2D eigenvalue weighted by atomic mass is 16.2. The second-order valence-electron chi connectivity index (χ2n) is 6.24. The summed E-state index contributed by atoms with van der Waals surface area (Å²) >= 11 is 0. The fourth-order valence-corrected chi connectivity index (χ4v) is 3.58. The van der Waals surface area contributed by atoms with Crippen LogP contribution in [-0.2, 0) is 11.2 Å². The molecule has 1 saturated carbocycles. The summed E-state index contributed by atoms with van der Waals surface area (Å²) < 4.78 is 0. The third-order valence-corrected chi connectivity index (χ3v) is 4.87. The number of anilines is 1. The second kappa shape index (κ2) is 5.96. The summed E-state index contributed by atoms with van der Waals surface area (Å²) in [6, 6.07) is 8.51. The fraction of sp³-hybridized carbons (Fsp3) is 0.588. The Morgan fingerprint density at radius 2 is 1.95 bits per heavy atom. The third kappa shape index (κ3) is 2.88. The molecule has 0 spiro atoms. The van der Waals surface area contributed by atoms with Gasteiger partial charge in [-0.05, 0) is 50.2 Å². The molecule has 1 aromatic carbocycles. The Labute approximate surface area is 121 Å². The van der Waals surface area contributed by atoms with E-state index in [1.807, 2.05) is 18.2 Å². The Balaban J connectivity index is 1.65. The number of carbonyl (C=O) groups is 1. The van der Waals surface area contributed by atoms with Gasteiger partial charge in [0, 0.05) is 11.7 Å². The average molecular weight is 272 g/mol. The first-order chi connectivity index (χ1) is 9.74. The lowest BCUT2D eigenvalue weighted by Crippen LogP contribution is -2.46. The highest BCUT2D eigenvalue weighted by Crippen LogP contribution is 2.28. The highest BCUT2D eigenvalue weighted by Gasteiger charge is 2.28. The zero-order valence-corrected chi connectivity index (χ0v) is 12.2. The normalized spacial score (nSPS) is 24.9. The van der Waals surface area contributed by atoms with E-state index in [1.165, 1.54) is 31.2 Å². The van der Waals surface area contributed by atoms with Gasteiger partial charge >= 0.3 is 0 Å². The van der Waals surface area contributed by atoms with Crippen molar-refractivity contribution in [3.05, 3.63) is 29.8 Å². The maximum atomic E-state index is 12.4. The van der Waals surface area contributed by atoms with Crippen molar-refractivity contribution >= 4 is 11.6 Å². The highest BCUT2D eigenvalue weighted by molar-refractivity contribution is 5.96. The van der Waals surface area contributed by atoms with Gasteiger partial charge in [0.2, 0.25) is 5.91 Å². The molecule has 1 aromatic rings. The number of hydrogen-bond acceptors (Lipinski definition) is 2. The molecule has 3 heteroatoms. The van der Waals surface area contributed by atoms with Crippen LogP contribution < -0.4 is 10.6 Å². The number of benzene rings is 1. The summed E-state index contributed by atoms with van der Waals surface area (Å²) in [4.78, 5) is 12.4. The maximum Gasteiger partial charge on any atom is 0.241 e. The van der Waals surface area contributed by atoms with Crippen molar-refractivity contribution in [3.8, 4) is 0 Å². The molecule has 0 saturated heterocycles. The van der Waals surface area contributed by atoms with Crippen LogP contribution in [0.1, 0.15) is 44.6 Å². The minimum absolute atomic E-state index is 0.0574. The summed E-state index contributed by atoms with van der Waals surface area (Å²) in [5, 5.41) is 6.64. The first-order valence-corrected chi connectivity index (χ1v) is 7.89. The van der Waals surface area contributed by atoms with E-state index >= 15 is 0 Å². The van der Waals surface area contributed by atoms with Crippen molar-refractivity contribution in [1.82, 2.24) is 5.32 Å². The smallest absolute Gasteiger partial charge is 0.241 e. The molecule has 1 aliphatic carbocycles. The first kappa shape index (κ1) is 13.6. The molecule has 1 aliphatic heterocycles. The van der Waals surface area contributed by atoms with E-state index < -0.39 is 0 Å². The van der Waals surface area contributed by atoms with Crippen molar-refractivity contribution < 1.29 is 4.79 Å². The predicted molar refractivity (Wildman–Crippen MR) is 81.7 cm³/mol. The summed E-state index contributed by atoms with van der Waals surface area (Å²) in [5.41, 5.74) is 2.23. The Kier molecular flexibility index (Phi) is 4.06. The van der Waals surface area contributed by atoms with Crippen LogP contribution in [0.3, 0.4) is 0 Å². The molecule has 20 heavy (non-hydrogen) atoms. The van der Waals surface area contributed by atoms with Gasteiger partial charge in [0.25, 0.3) is 0 Å². The molecule has 0 radical (unpaired) electrons. The van der Waals surface area contributed by atoms with Gasteiger partial charge in [-0.2, -0.15) is 0 Å². The van der Waals surface area contributed by atoms with E-state index in [9.17, 15) is 4.79 Å². The van der Waals surface area contributed by atoms with E-state index in [0.717, 1.165) is 24.4 Å². The molecule has 0 bridgehead atoms. The predicted octanol–water partition coefficient (Wildman–Crippen LogP) is 3.11.